The Hall–Kier alpha value is -0.670. The molecule has 0 saturated carbocycles. The van der Waals surface area contributed by atoms with Crippen molar-refractivity contribution in [3.8, 4) is 5.75 Å². The summed E-state index contributed by atoms with van der Waals surface area (Å²) in [6, 6.07) is 8.44. The Balaban J connectivity index is 2.51. The summed E-state index contributed by atoms with van der Waals surface area (Å²) in [5, 5.41) is 0. The van der Waals surface area contributed by atoms with Crippen LogP contribution >= 0.6 is 11.8 Å². The Morgan fingerprint density at radius 3 is 2.82 bits per heavy atom. The van der Waals surface area contributed by atoms with E-state index >= 15 is 0 Å². The second-order valence-corrected chi connectivity index (χ2v) is 5.16. The topological polar surface area (TPSA) is 35.2 Å². The van der Waals surface area contributed by atoms with Crippen LogP contribution in [0.5, 0.6) is 5.75 Å². The Morgan fingerprint density at radius 1 is 1.35 bits per heavy atom. The van der Waals surface area contributed by atoms with Crippen molar-refractivity contribution in [2.75, 3.05) is 18.6 Å². The van der Waals surface area contributed by atoms with Gasteiger partial charge in [0.25, 0.3) is 0 Å². The van der Waals surface area contributed by atoms with Crippen LogP contribution in [0.25, 0.3) is 0 Å². The van der Waals surface area contributed by atoms with E-state index in [2.05, 4.69) is 19.2 Å². The zero-order chi connectivity index (χ0) is 12.5. The van der Waals surface area contributed by atoms with Gasteiger partial charge in [0.15, 0.2) is 0 Å². The van der Waals surface area contributed by atoms with Crippen LogP contribution in [0, 0.1) is 0 Å². The van der Waals surface area contributed by atoms with Crippen LogP contribution in [0.4, 0.5) is 0 Å². The predicted octanol–water partition coefficient (Wildman–Crippen LogP) is 3.10. The zero-order valence-electron chi connectivity index (χ0n) is 10.8. The molecule has 0 aromatic heterocycles. The summed E-state index contributed by atoms with van der Waals surface area (Å²) in [6.07, 6.45) is 5.11. The molecular formula is C14H23NOS. The first-order valence-electron chi connectivity index (χ1n) is 6.23. The highest BCUT2D eigenvalue weighted by atomic mass is 32.2. The molecule has 17 heavy (non-hydrogen) atoms. The fourth-order valence-corrected chi connectivity index (χ4v) is 2.03. The number of para-hydroxylation sites is 1. The van der Waals surface area contributed by atoms with E-state index in [-0.39, 0.29) is 6.04 Å². The highest BCUT2D eigenvalue weighted by Crippen LogP contribution is 2.20. The molecule has 1 aromatic carbocycles. The van der Waals surface area contributed by atoms with E-state index in [0.717, 1.165) is 37.4 Å². The van der Waals surface area contributed by atoms with Gasteiger partial charge in [-0.1, -0.05) is 25.1 Å². The molecule has 0 spiro atoms. The third-order valence-corrected chi connectivity index (χ3v) is 3.43. The first-order chi connectivity index (χ1) is 8.27. The third-order valence-electron chi connectivity index (χ3n) is 2.73. The molecule has 0 bridgehead atoms. The van der Waals surface area contributed by atoms with Crippen molar-refractivity contribution in [2.45, 2.75) is 32.2 Å². The molecule has 1 aromatic rings. The van der Waals surface area contributed by atoms with Gasteiger partial charge in [-0.2, -0.15) is 11.8 Å². The van der Waals surface area contributed by atoms with E-state index in [1.54, 1.807) is 0 Å². The molecule has 2 nitrogen and oxygen atoms in total. The summed E-state index contributed by atoms with van der Waals surface area (Å²) in [7, 11) is 0. The van der Waals surface area contributed by atoms with Gasteiger partial charge in [0.1, 0.15) is 5.75 Å². The lowest BCUT2D eigenvalue weighted by Crippen LogP contribution is -2.21. The SMILES string of the molecule is CCC(N)Cc1ccccc1OCCCSC. The van der Waals surface area contributed by atoms with Crippen LogP contribution in [0.3, 0.4) is 0 Å². The van der Waals surface area contributed by atoms with Crippen LogP contribution in [-0.4, -0.2) is 24.7 Å². The summed E-state index contributed by atoms with van der Waals surface area (Å²) in [5.41, 5.74) is 7.22. The van der Waals surface area contributed by atoms with Crippen LogP contribution in [0.1, 0.15) is 25.3 Å². The number of ether oxygens (including phenoxy) is 1. The second-order valence-electron chi connectivity index (χ2n) is 4.17. The number of nitrogens with two attached hydrogens (primary N) is 1. The smallest absolute Gasteiger partial charge is 0.122 e. The third kappa shape index (κ3) is 5.46. The van der Waals surface area contributed by atoms with Gasteiger partial charge >= 0.3 is 0 Å². The minimum absolute atomic E-state index is 0.228. The van der Waals surface area contributed by atoms with Crippen molar-refractivity contribution in [3.63, 3.8) is 0 Å². The van der Waals surface area contributed by atoms with Crippen molar-refractivity contribution >= 4 is 11.8 Å². The monoisotopic (exact) mass is 253 g/mol. The highest BCUT2D eigenvalue weighted by molar-refractivity contribution is 7.98. The lowest BCUT2D eigenvalue weighted by molar-refractivity contribution is 0.314. The summed E-state index contributed by atoms with van der Waals surface area (Å²) in [4.78, 5) is 0. The summed E-state index contributed by atoms with van der Waals surface area (Å²) in [6.45, 7) is 2.91. The average Bonchev–Trinajstić information content (AvgIpc) is 2.36. The predicted molar refractivity (Wildman–Crippen MR) is 76.9 cm³/mol. The van der Waals surface area contributed by atoms with Crippen molar-refractivity contribution in [3.05, 3.63) is 29.8 Å². The van der Waals surface area contributed by atoms with Gasteiger partial charge < -0.3 is 10.5 Å². The van der Waals surface area contributed by atoms with Gasteiger partial charge in [0.05, 0.1) is 6.61 Å². The van der Waals surface area contributed by atoms with Gasteiger partial charge in [-0.15, -0.1) is 0 Å². The summed E-state index contributed by atoms with van der Waals surface area (Å²) >= 11 is 1.86. The molecule has 0 amide bonds. The highest BCUT2D eigenvalue weighted by Gasteiger charge is 2.06. The standard InChI is InChI=1S/C14H23NOS/c1-3-13(15)11-12-7-4-5-8-14(12)16-9-6-10-17-2/h4-5,7-8,13H,3,6,9-11,15H2,1-2H3. The van der Waals surface area contributed by atoms with E-state index in [0.29, 0.717) is 0 Å². The van der Waals surface area contributed by atoms with E-state index in [1.165, 1.54) is 5.56 Å². The largest absolute Gasteiger partial charge is 0.493 e. The lowest BCUT2D eigenvalue weighted by atomic mass is 10.0. The Bertz CT molecular complexity index is 317. The Kier molecular flexibility index (Phi) is 7.13. The van der Waals surface area contributed by atoms with Gasteiger partial charge in [0, 0.05) is 6.04 Å². The average molecular weight is 253 g/mol. The van der Waals surface area contributed by atoms with E-state index in [4.69, 9.17) is 10.5 Å². The molecular weight excluding hydrogens is 230 g/mol. The molecule has 0 heterocycles. The quantitative estimate of drug-likeness (QED) is 0.723. The molecule has 2 N–H and O–H groups in total. The van der Waals surface area contributed by atoms with E-state index in [9.17, 15) is 0 Å². The van der Waals surface area contributed by atoms with Crippen LogP contribution in [0.15, 0.2) is 24.3 Å². The first kappa shape index (κ1) is 14.4. The van der Waals surface area contributed by atoms with Gasteiger partial charge in [0.2, 0.25) is 0 Å². The van der Waals surface area contributed by atoms with Gasteiger partial charge in [-0.3, -0.25) is 0 Å². The number of thioether (sulfide) groups is 1. The molecule has 3 heteroatoms. The number of hydrogen-bond donors (Lipinski definition) is 1. The molecule has 0 saturated heterocycles. The minimum Gasteiger partial charge on any atom is -0.493 e. The van der Waals surface area contributed by atoms with Crippen LogP contribution < -0.4 is 10.5 Å². The molecule has 0 aliphatic carbocycles. The molecule has 0 radical (unpaired) electrons. The molecule has 96 valence electrons. The van der Waals surface area contributed by atoms with Crippen molar-refractivity contribution < 1.29 is 4.74 Å². The van der Waals surface area contributed by atoms with Crippen LogP contribution in [-0.2, 0) is 6.42 Å². The molecule has 1 unspecified atom stereocenters. The van der Waals surface area contributed by atoms with Gasteiger partial charge in [-0.05, 0) is 42.9 Å². The summed E-state index contributed by atoms with van der Waals surface area (Å²) < 4.78 is 5.82. The first-order valence-corrected chi connectivity index (χ1v) is 7.62. The second kappa shape index (κ2) is 8.43. The number of hydrogen-bond acceptors (Lipinski definition) is 3. The fourth-order valence-electron chi connectivity index (χ4n) is 1.63. The maximum absolute atomic E-state index is 5.99. The molecule has 0 aliphatic heterocycles. The summed E-state index contributed by atoms with van der Waals surface area (Å²) in [5.74, 6) is 2.15. The maximum atomic E-state index is 5.99. The van der Waals surface area contributed by atoms with E-state index < -0.39 is 0 Å². The Labute approximate surface area is 109 Å². The van der Waals surface area contributed by atoms with Crippen molar-refractivity contribution in [1.82, 2.24) is 0 Å². The molecule has 0 aliphatic rings. The van der Waals surface area contributed by atoms with Crippen LogP contribution in [0.2, 0.25) is 0 Å². The lowest BCUT2D eigenvalue weighted by Gasteiger charge is -2.14. The Morgan fingerprint density at radius 2 is 2.12 bits per heavy atom. The number of benzene rings is 1. The zero-order valence-corrected chi connectivity index (χ0v) is 11.6. The van der Waals surface area contributed by atoms with Gasteiger partial charge in [-0.25, -0.2) is 0 Å². The molecule has 1 atom stereocenters. The molecule has 1 rings (SSSR count). The molecule has 0 fully saturated rings. The van der Waals surface area contributed by atoms with Crippen molar-refractivity contribution in [1.29, 1.82) is 0 Å². The van der Waals surface area contributed by atoms with E-state index in [1.807, 2.05) is 30.0 Å². The minimum atomic E-state index is 0.228. The number of rotatable bonds is 8. The van der Waals surface area contributed by atoms with Crippen molar-refractivity contribution in [2.24, 2.45) is 5.73 Å². The fraction of sp³-hybridized carbons (Fsp3) is 0.571. The normalized spacial score (nSPS) is 12.4. The maximum Gasteiger partial charge on any atom is 0.122 e.